The van der Waals surface area contributed by atoms with E-state index in [4.69, 9.17) is 4.74 Å². The number of carboxylic acid groups (broad SMARTS) is 1. The average molecular weight is 241 g/mol. The summed E-state index contributed by atoms with van der Waals surface area (Å²) in [5.41, 5.74) is 1.93. The van der Waals surface area contributed by atoms with E-state index in [1.54, 1.807) is 12.1 Å². The zero-order valence-electron chi connectivity index (χ0n) is 10.1. The van der Waals surface area contributed by atoms with E-state index in [0.29, 0.717) is 6.61 Å². The molecule has 2 rings (SSSR count). The van der Waals surface area contributed by atoms with Crippen molar-refractivity contribution >= 4 is 5.97 Å². The van der Waals surface area contributed by atoms with E-state index in [-0.39, 0.29) is 5.56 Å². The number of ether oxygens (including phenoxy) is 1. The molecule has 0 radical (unpaired) electrons. The van der Waals surface area contributed by atoms with Gasteiger partial charge in [0.1, 0.15) is 5.75 Å². The van der Waals surface area contributed by atoms with Crippen molar-refractivity contribution in [2.75, 3.05) is 6.61 Å². The Bertz CT molecular complexity index is 561. The van der Waals surface area contributed by atoms with Gasteiger partial charge < -0.3 is 14.6 Å². The highest BCUT2D eigenvalue weighted by Gasteiger charge is 2.01. The van der Waals surface area contributed by atoms with Gasteiger partial charge in [-0.05, 0) is 41.8 Å². The van der Waals surface area contributed by atoms with Gasteiger partial charge >= 0.3 is 0 Å². The second kappa shape index (κ2) is 5.36. The first kappa shape index (κ1) is 12.2. The molecule has 0 unspecified atom stereocenters. The minimum Gasteiger partial charge on any atom is -0.545 e. The van der Waals surface area contributed by atoms with E-state index in [1.165, 1.54) is 6.07 Å². The first-order chi connectivity index (χ1) is 8.70. The number of carboxylic acids is 1. The third-order valence-electron chi connectivity index (χ3n) is 2.58. The molecule has 2 aromatic rings. The van der Waals surface area contributed by atoms with E-state index in [0.717, 1.165) is 16.9 Å². The topological polar surface area (TPSA) is 49.4 Å². The summed E-state index contributed by atoms with van der Waals surface area (Å²) in [6, 6.07) is 14.2. The molecular weight excluding hydrogens is 228 g/mol. The van der Waals surface area contributed by atoms with E-state index in [9.17, 15) is 9.90 Å². The van der Waals surface area contributed by atoms with Crippen molar-refractivity contribution in [3.05, 3.63) is 54.1 Å². The van der Waals surface area contributed by atoms with Crippen LogP contribution in [0.2, 0.25) is 0 Å². The van der Waals surface area contributed by atoms with Crippen molar-refractivity contribution in [3.63, 3.8) is 0 Å². The highest BCUT2D eigenvalue weighted by Crippen LogP contribution is 2.24. The molecule has 2 aromatic carbocycles. The Morgan fingerprint density at radius 2 is 1.78 bits per heavy atom. The highest BCUT2D eigenvalue weighted by molar-refractivity contribution is 5.87. The lowest BCUT2D eigenvalue weighted by atomic mass is 10.0. The fourth-order valence-electron chi connectivity index (χ4n) is 1.76. The molecular formula is C15H13O3-. The van der Waals surface area contributed by atoms with Crippen molar-refractivity contribution in [3.8, 4) is 16.9 Å². The summed E-state index contributed by atoms with van der Waals surface area (Å²) in [4.78, 5) is 10.8. The quantitative estimate of drug-likeness (QED) is 0.823. The monoisotopic (exact) mass is 241 g/mol. The van der Waals surface area contributed by atoms with Gasteiger partial charge in [0.15, 0.2) is 0 Å². The number of hydrogen-bond acceptors (Lipinski definition) is 3. The average Bonchev–Trinajstić information content (AvgIpc) is 2.39. The van der Waals surface area contributed by atoms with Crippen molar-refractivity contribution in [1.82, 2.24) is 0 Å². The number of aromatic carboxylic acids is 1. The normalized spacial score (nSPS) is 10.1. The Labute approximate surface area is 106 Å². The second-order valence-electron chi connectivity index (χ2n) is 3.83. The predicted octanol–water partition coefficient (Wildman–Crippen LogP) is 2.12. The van der Waals surface area contributed by atoms with Crippen LogP contribution in [-0.2, 0) is 0 Å². The lowest BCUT2D eigenvalue weighted by molar-refractivity contribution is -0.255. The first-order valence-corrected chi connectivity index (χ1v) is 5.75. The molecule has 0 aliphatic carbocycles. The van der Waals surface area contributed by atoms with Crippen molar-refractivity contribution in [2.24, 2.45) is 0 Å². The number of benzene rings is 2. The van der Waals surface area contributed by atoms with Crippen molar-refractivity contribution < 1.29 is 14.6 Å². The van der Waals surface area contributed by atoms with Gasteiger partial charge in [0, 0.05) is 0 Å². The summed E-state index contributed by atoms with van der Waals surface area (Å²) in [5, 5.41) is 10.8. The maximum Gasteiger partial charge on any atom is 0.119 e. The lowest BCUT2D eigenvalue weighted by Crippen LogP contribution is -2.22. The third-order valence-corrected chi connectivity index (χ3v) is 2.58. The predicted molar refractivity (Wildman–Crippen MR) is 67.4 cm³/mol. The molecule has 0 heterocycles. The molecule has 0 amide bonds. The maximum absolute atomic E-state index is 10.8. The summed E-state index contributed by atoms with van der Waals surface area (Å²) in [7, 11) is 0. The van der Waals surface area contributed by atoms with Crippen LogP contribution in [0.1, 0.15) is 17.3 Å². The lowest BCUT2D eigenvalue weighted by Gasteiger charge is -2.08. The molecule has 3 heteroatoms. The van der Waals surface area contributed by atoms with Gasteiger partial charge in [-0.25, -0.2) is 0 Å². The molecule has 0 bridgehead atoms. The smallest absolute Gasteiger partial charge is 0.119 e. The summed E-state index contributed by atoms with van der Waals surface area (Å²) < 4.78 is 5.42. The van der Waals surface area contributed by atoms with Crippen LogP contribution in [-0.4, -0.2) is 12.6 Å². The Morgan fingerprint density at radius 1 is 1.11 bits per heavy atom. The van der Waals surface area contributed by atoms with Crippen LogP contribution in [0.3, 0.4) is 0 Å². The van der Waals surface area contributed by atoms with Crippen LogP contribution in [0, 0.1) is 0 Å². The zero-order chi connectivity index (χ0) is 13.0. The Balaban J connectivity index is 2.38. The summed E-state index contributed by atoms with van der Waals surface area (Å²) in [5.74, 6) is -0.397. The summed E-state index contributed by atoms with van der Waals surface area (Å²) >= 11 is 0. The largest absolute Gasteiger partial charge is 0.545 e. The van der Waals surface area contributed by atoms with Gasteiger partial charge in [-0.3, -0.25) is 0 Å². The maximum atomic E-state index is 10.8. The minimum absolute atomic E-state index is 0.175. The van der Waals surface area contributed by atoms with Gasteiger partial charge in [-0.2, -0.15) is 0 Å². The Hall–Kier alpha value is -2.29. The van der Waals surface area contributed by atoms with Crippen LogP contribution in [0.4, 0.5) is 0 Å². The minimum atomic E-state index is -1.17. The fourth-order valence-corrected chi connectivity index (χ4v) is 1.76. The van der Waals surface area contributed by atoms with Gasteiger partial charge in [0.25, 0.3) is 0 Å². The molecule has 92 valence electrons. The van der Waals surface area contributed by atoms with Gasteiger partial charge in [0.05, 0.1) is 12.6 Å². The molecule has 0 saturated carbocycles. The number of hydrogen-bond donors (Lipinski definition) is 0. The molecule has 0 aliphatic rings. The molecule has 18 heavy (non-hydrogen) atoms. The Kier molecular flexibility index (Phi) is 3.63. The molecule has 0 fully saturated rings. The fraction of sp³-hybridized carbons (Fsp3) is 0.133. The van der Waals surface area contributed by atoms with E-state index in [1.807, 2.05) is 37.3 Å². The van der Waals surface area contributed by atoms with Crippen LogP contribution < -0.4 is 9.84 Å². The van der Waals surface area contributed by atoms with E-state index in [2.05, 4.69) is 0 Å². The van der Waals surface area contributed by atoms with Crippen molar-refractivity contribution in [1.29, 1.82) is 0 Å². The van der Waals surface area contributed by atoms with Crippen molar-refractivity contribution in [2.45, 2.75) is 6.92 Å². The highest BCUT2D eigenvalue weighted by atomic mass is 16.5. The summed E-state index contributed by atoms with van der Waals surface area (Å²) in [6.45, 7) is 2.52. The zero-order valence-corrected chi connectivity index (χ0v) is 10.1. The van der Waals surface area contributed by atoms with E-state index >= 15 is 0 Å². The number of carbonyl (C=O) groups is 1. The van der Waals surface area contributed by atoms with Gasteiger partial charge in [-0.1, -0.05) is 30.3 Å². The third kappa shape index (κ3) is 2.69. The molecule has 0 spiro atoms. The van der Waals surface area contributed by atoms with Crippen LogP contribution in [0.15, 0.2) is 48.5 Å². The second-order valence-corrected chi connectivity index (χ2v) is 3.83. The standard InChI is InChI=1S/C15H14O3/c1-2-18-14-8-4-6-12(10-14)11-5-3-7-13(9-11)15(16)17/h3-10H,2H2,1H3,(H,16,17)/p-1. The molecule has 0 aliphatic heterocycles. The number of rotatable bonds is 4. The summed E-state index contributed by atoms with van der Waals surface area (Å²) in [6.07, 6.45) is 0. The van der Waals surface area contributed by atoms with Crippen LogP contribution in [0.25, 0.3) is 11.1 Å². The molecule has 0 atom stereocenters. The number of carbonyl (C=O) groups excluding carboxylic acids is 1. The molecule has 0 aromatic heterocycles. The van der Waals surface area contributed by atoms with Gasteiger partial charge in [-0.15, -0.1) is 0 Å². The van der Waals surface area contributed by atoms with Crippen LogP contribution in [0.5, 0.6) is 5.75 Å². The first-order valence-electron chi connectivity index (χ1n) is 5.75. The van der Waals surface area contributed by atoms with E-state index < -0.39 is 5.97 Å². The molecule has 3 nitrogen and oxygen atoms in total. The SMILES string of the molecule is CCOc1cccc(-c2cccc(C(=O)[O-])c2)c1. The van der Waals surface area contributed by atoms with Gasteiger partial charge in [0.2, 0.25) is 0 Å². The Morgan fingerprint density at radius 3 is 2.44 bits per heavy atom. The molecule has 0 N–H and O–H groups in total. The molecule has 0 saturated heterocycles. The van der Waals surface area contributed by atoms with Crippen LogP contribution >= 0.6 is 0 Å².